The van der Waals surface area contributed by atoms with E-state index in [2.05, 4.69) is 20.0 Å². The molecule has 0 saturated carbocycles. The Kier molecular flexibility index (Phi) is 4.41. The van der Waals surface area contributed by atoms with Crippen molar-refractivity contribution in [2.24, 2.45) is 0 Å². The van der Waals surface area contributed by atoms with Gasteiger partial charge in [-0.3, -0.25) is 10.1 Å². The molecule has 0 aliphatic heterocycles. The largest absolute Gasteiger partial charge is 0.435 e. The molecule has 0 fully saturated rings. The number of carbonyl (C=O) groups is 1. The molecule has 0 radical (unpaired) electrons. The number of ether oxygens (including phenoxy) is 1. The van der Waals surface area contributed by atoms with Crippen LogP contribution in [0.25, 0.3) is 0 Å². The average Bonchev–Trinajstić information content (AvgIpc) is 2.38. The first-order valence-corrected chi connectivity index (χ1v) is 5.77. The molecule has 1 aromatic heterocycles. The number of alkyl halides is 2. The molecule has 1 aromatic carbocycles. The number of hydrogen-bond donors (Lipinski definition) is 1. The van der Waals surface area contributed by atoms with Gasteiger partial charge >= 0.3 is 6.61 Å². The second-order valence-corrected chi connectivity index (χ2v) is 3.95. The number of aromatic nitrogens is 2. The molecule has 5 nitrogen and oxygen atoms in total. The summed E-state index contributed by atoms with van der Waals surface area (Å²) in [6.45, 7) is -2.95. The molecular formula is C12H8ClF2N3O2. The SMILES string of the molecule is O=C(Nc1nccc(Cl)n1)c1cccc(OC(F)F)c1. The summed E-state index contributed by atoms with van der Waals surface area (Å²) in [6.07, 6.45) is 1.38. The first-order chi connectivity index (χ1) is 9.54. The number of rotatable bonds is 4. The van der Waals surface area contributed by atoms with E-state index < -0.39 is 12.5 Å². The molecule has 104 valence electrons. The van der Waals surface area contributed by atoms with Crippen molar-refractivity contribution in [3.63, 3.8) is 0 Å². The summed E-state index contributed by atoms with van der Waals surface area (Å²) in [5.74, 6) is -0.658. The Morgan fingerprint density at radius 1 is 1.35 bits per heavy atom. The predicted molar refractivity (Wildman–Crippen MR) is 68.1 cm³/mol. The molecule has 20 heavy (non-hydrogen) atoms. The molecule has 1 N–H and O–H groups in total. The Hall–Kier alpha value is -2.28. The van der Waals surface area contributed by atoms with Crippen molar-refractivity contribution in [2.45, 2.75) is 6.61 Å². The van der Waals surface area contributed by atoms with E-state index in [-0.39, 0.29) is 22.4 Å². The Bertz CT molecular complexity index is 625. The average molecular weight is 300 g/mol. The Balaban J connectivity index is 2.13. The second-order valence-electron chi connectivity index (χ2n) is 3.56. The summed E-state index contributed by atoms with van der Waals surface area (Å²) in [4.78, 5) is 19.5. The van der Waals surface area contributed by atoms with Gasteiger partial charge < -0.3 is 4.74 Å². The van der Waals surface area contributed by atoms with E-state index in [9.17, 15) is 13.6 Å². The van der Waals surface area contributed by atoms with Crippen LogP contribution in [0.4, 0.5) is 14.7 Å². The van der Waals surface area contributed by atoms with Crippen molar-refractivity contribution < 1.29 is 18.3 Å². The van der Waals surface area contributed by atoms with Crippen molar-refractivity contribution >= 4 is 23.5 Å². The van der Waals surface area contributed by atoms with Crippen LogP contribution in [0.15, 0.2) is 36.5 Å². The molecule has 1 heterocycles. The third-order valence-electron chi connectivity index (χ3n) is 2.17. The highest BCUT2D eigenvalue weighted by atomic mass is 35.5. The fourth-order valence-corrected chi connectivity index (χ4v) is 1.52. The van der Waals surface area contributed by atoms with E-state index in [1.54, 1.807) is 0 Å². The molecule has 0 saturated heterocycles. The van der Waals surface area contributed by atoms with Crippen LogP contribution in [-0.2, 0) is 0 Å². The quantitative estimate of drug-likeness (QED) is 0.882. The minimum absolute atomic E-state index is 0.0164. The van der Waals surface area contributed by atoms with Gasteiger partial charge in [-0.1, -0.05) is 17.7 Å². The zero-order valence-electron chi connectivity index (χ0n) is 9.89. The summed E-state index contributed by atoms with van der Waals surface area (Å²) in [6, 6.07) is 6.82. The van der Waals surface area contributed by atoms with E-state index >= 15 is 0 Å². The Morgan fingerprint density at radius 3 is 2.85 bits per heavy atom. The lowest BCUT2D eigenvalue weighted by Crippen LogP contribution is -2.14. The number of benzene rings is 1. The van der Waals surface area contributed by atoms with Crippen molar-refractivity contribution in [3.8, 4) is 5.75 Å². The zero-order chi connectivity index (χ0) is 14.5. The molecule has 0 atom stereocenters. The molecular weight excluding hydrogens is 292 g/mol. The van der Waals surface area contributed by atoms with E-state index in [1.165, 1.54) is 36.5 Å². The lowest BCUT2D eigenvalue weighted by Gasteiger charge is -2.07. The van der Waals surface area contributed by atoms with Gasteiger partial charge in [-0.25, -0.2) is 9.97 Å². The highest BCUT2D eigenvalue weighted by molar-refractivity contribution is 6.29. The number of amides is 1. The summed E-state index contributed by atoms with van der Waals surface area (Å²) >= 11 is 5.65. The van der Waals surface area contributed by atoms with Crippen molar-refractivity contribution in [3.05, 3.63) is 47.2 Å². The number of anilines is 1. The summed E-state index contributed by atoms with van der Waals surface area (Å²) in [5.41, 5.74) is 0.131. The summed E-state index contributed by atoms with van der Waals surface area (Å²) < 4.78 is 28.4. The summed E-state index contributed by atoms with van der Waals surface area (Å²) in [7, 11) is 0. The van der Waals surface area contributed by atoms with E-state index in [4.69, 9.17) is 11.6 Å². The minimum atomic E-state index is -2.95. The Labute approximate surface area is 117 Å². The lowest BCUT2D eigenvalue weighted by atomic mass is 10.2. The topological polar surface area (TPSA) is 64.1 Å². The van der Waals surface area contributed by atoms with Crippen LogP contribution in [0.3, 0.4) is 0 Å². The van der Waals surface area contributed by atoms with E-state index in [0.717, 1.165) is 0 Å². The molecule has 2 rings (SSSR count). The molecule has 1 amide bonds. The normalized spacial score (nSPS) is 10.4. The van der Waals surface area contributed by atoms with Gasteiger partial charge in [0.05, 0.1) is 0 Å². The molecule has 0 spiro atoms. The van der Waals surface area contributed by atoms with Gasteiger partial charge in [-0.2, -0.15) is 8.78 Å². The number of halogens is 3. The Morgan fingerprint density at radius 2 is 2.15 bits per heavy atom. The summed E-state index contributed by atoms with van der Waals surface area (Å²) in [5, 5.41) is 2.56. The molecule has 0 bridgehead atoms. The smallest absolute Gasteiger partial charge is 0.387 e. The van der Waals surface area contributed by atoms with Crippen LogP contribution < -0.4 is 10.1 Å². The maximum Gasteiger partial charge on any atom is 0.387 e. The standard InChI is InChI=1S/C12H8ClF2N3O2/c13-9-4-5-16-12(17-9)18-10(19)7-2-1-3-8(6-7)20-11(14)15/h1-6,11H,(H,16,17,18,19). The molecule has 0 unspecified atom stereocenters. The highest BCUT2D eigenvalue weighted by Gasteiger charge is 2.11. The first kappa shape index (κ1) is 14.1. The van der Waals surface area contributed by atoms with Gasteiger partial charge in [0.25, 0.3) is 5.91 Å². The molecule has 8 heteroatoms. The van der Waals surface area contributed by atoms with Gasteiger partial charge in [0.1, 0.15) is 10.9 Å². The fraction of sp³-hybridized carbons (Fsp3) is 0.0833. The second kappa shape index (κ2) is 6.25. The monoisotopic (exact) mass is 299 g/mol. The first-order valence-electron chi connectivity index (χ1n) is 5.39. The molecule has 0 aliphatic rings. The lowest BCUT2D eigenvalue weighted by molar-refractivity contribution is -0.0498. The van der Waals surface area contributed by atoms with Gasteiger partial charge in [-0.15, -0.1) is 0 Å². The van der Waals surface area contributed by atoms with Crippen LogP contribution in [-0.4, -0.2) is 22.5 Å². The fourth-order valence-electron chi connectivity index (χ4n) is 1.38. The van der Waals surface area contributed by atoms with Gasteiger partial charge in [0.15, 0.2) is 0 Å². The van der Waals surface area contributed by atoms with Crippen LogP contribution in [0.1, 0.15) is 10.4 Å². The number of carbonyl (C=O) groups excluding carboxylic acids is 1. The minimum Gasteiger partial charge on any atom is -0.435 e. The number of nitrogens with one attached hydrogen (secondary N) is 1. The van der Waals surface area contributed by atoms with E-state index in [1.807, 2.05) is 0 Å². The number of hydrogen-bond acceptors (Lipinski definition) is 4. The maximum absolute atomic E-state index is 12.1. The van der Waals surface area contributed by atoms with Crippen LogP contribution in [0.2, 0.25) is 5.15 Å². The van der Waals surface area contributed by atoms with Gasteiger partial charge in [0.2, 0.25) is 5.95 Å². The van der Waals surface area contributed by atoms with Crippen molar-refractivity contribution in [1.82, 2.24) is 9.97 Å². The van der Waals surface area contributed by atoms with Crippen molar-refractivity contribution in [1.29, 1.82) is 0 Å². The van der Waals surface area contributed by atoms with Crippen LogP contribution >= 0.6 is 11.6 Å². The van der Waals surface area contributed by atoms with Crippen LogP contribution in [0, 0.1) is 0 Å². The van der Waals surface area contributed by atoms with E-state index in [0.29, 0.717) is 0 Å². The zero-order valence-corrected chi connectivity index (χ0v) is 10.6. The van der Waals surface area contributed by atoms with Crippen molar-refractivity contribution in [2.75, 3.05) is 5.32 Å². The molecule has 0 aliphatic carbocycles. The maximum atomic E-state index is 12.1. The third-order valence-corrected chi connectivity index (χ3v) is 2.38. The van der Waals surface area contributed by atoms with Gasteiger partial charge in [0, 0.05) is 11.8 Å². The predicted octanol–water partition coefficient (Wildman–Crippen LogP) is 2.98. The van der Waals surface area contributed by atoms with Crippen LogP contribution in [0.5, 0.6) is 5.75 Å². The molecule has 2 aromatic rings. The number of nitrogens with zero attached hydrogens (tertiary/aromatic N) is 2. The highest BCUT2D eigenvalue weighted by Crippen LogP contribution is 2.16. The van der Waals surface area contributed by atoms with Gasteiger partial charge in [-0.05, 0) is 24.3 Å². The third kappa shape index (κ3) is 3.86.